The minimum Gasteiger partial charge on any atom is -0.481 e. The van der Waals surface area contributed by atoms with Crippen LogP contribution in [0.25, 0.3) is 11.0 Å². The second-order valence-corrected chi connectivity index (χ2v) is 8.54. The Kier molecular flexibility index (Phi) is 10.3. The highest BCUT2D eigenvalue weighted by atomic mass is 32.1. The molecule has 1 saturated heterocycles. The van der Waals surface area contributed by atoms with Crippen LogP contribution in [-0.2, 0) is 6.42 Å². The van der Waals surface area contributed by atoms with E-state index in [4.69, 9.17) is 10.1 Å². The van der Waals surface area contributed by atoms with Crippen molar-refractivity contribution in [3.8, 4) is 5.88 Å². The third kappa shape index (κ3) is 7.06. The molecule has 1 aliphatic rings. The first-order chi connectivity index (χ1) is 14.4. The molecule has 1 fully saturated rings. The number of nitrogens with zero attached hydrogens (tertiary/aromatic N) is 3. The van der Waals surface area contributed by atoms with E-state index >= 15 is 0 Å². The fourth-order valence-corrected chi connectivity index (χ4v) is 4.15. The molecule has 30 heavy (non-hydrogen) atoms. The number of pyridine rings is 2. The number of nitrogens with one attached hydrogen (secondary N) is 1. The van der Waals surface area contributed by atoms with Crippen LogP contribution in [0.5, 0.6) is 5.88 Å². The number of rotatable bonds is 6. The van der Waals surface area contributed by atoms with Crippen LogP contribution in [0.4, 0.5) is 4.39 Å². The predicted molar refractivity (Wildman–Crippen MR) is 125 cm³/mol. The molecular weight excluding hydrogens is 414 g/mol. The number of thiol groups is 1. The Morgan fingerprint density at radius 3 is 2.63 bits per heavy atom. The van der Waals surface area contributed by atoms with Crippen LogP contribution in [0.2, 0.25) is 0 Å². The maximum Gasteiger partial charge on any atom is 0.213 e. The van der Waals surface area contributed by atoms with Crippen molar-refractivity contribution < 1.29 is 9.13 Å². The highest BCUT2D eigenvalue weighted by Gasteiger charge is 2.21. The van der Waals surface area contributed by atoms with Crippen LogP contribution in [-0.4, -0.2) is 62.5 Å². The minimum absolute atomic E-state index is 0.322. The fourth-order valence-electron chi connectivity index (χ4n) is 3.43. The summed E-state index contributed by atoms with van der Waals surface area (Å²) in [6.45, 7) is 6.90. The lowest BCUT2D eigenvalue weighted by atomic mass is 9.95. The number of ether oxygens (including phenoxy) is 1. The Morgan fingerprint density at radius 1 is 1.37 bits per heavy atom. The molecule has 2 aromatic rings. The van der Waals surface area contributed by atoms with Gasteiger partial charge in [0.05, 0.1) is 24.3 Å². The van der Waals surface area contributed by atoms with Crippen molar-refractivity contribution in [1.29, 1.82) is 5.41 Å². The van der Waals surface area contributed by atoms with E-state index in [2.05, 4.69) is 57.6 Å². The number of methoxy groups -OCH3 is 1. The molecule has 8 heteroatoms. The van der Waals surface area contributed by atoms with Gasteiger partial charge in [0.15, 0.2) is 0 Å². The summed E-state index contributed by atoms with van der Waals surface area (Å²) in [7, 11) is 1.55. The zero-order valence-electron chi connectivity index (χ0n) is 18.0. The summed E-state index contributed by atoms with van der Waals surface area (Å²) in [6, 6.07) is 3.54. The zero-order chi connectivity index (χ0) is 22.1. The number of hydrogen-bond acceptors (Lipinski definition) is 6. The molecule has 5 nitrogen and oxygen atoms in total. The van der Waals surface area contributed by atoms with Gasteiger partial charge in [-0.1, -0.05) is 30.9 Å². The van der Waals surface area contributed by atoms with Crippen molar-refractivity contribution in [2.24, 2.45) is 5.92 Å². The Bertz CT molecular complexity index is 885. The predicted octanol–water partition coefficient (Wildman–Crippen LogP) is 4.41. The number of halogens is 1. The minimum atomic E-state index is -0.322. The Balaban J connectivity index is 0.00000101. The molecule has 3 rings (SSSR count). The van der Waals surface area contributed by atoms with Gasteiger partial charge in [0, 0.05) is 18.2 Å². The van der Waals surface area contributed by atoms with E-state index in [1.54, 1.807) is 25.3 Å². The third-order valence-corrected chi connectivity index (χ3v) is 5.60. The van der Waals surface area contributed by atoms with Crippen molar-refractivity contribution in [2.45, 2.75) is 39.5 Å². The van der Waals surface area contributed by atoms with Gasteiger partial charge < -0.3 is 15.0 Å². The van der Waals surface area contributed by atoms with E-state index in [9.17, 15) is 4.39 Å². The van der Waals surface area contributed by atoms with E-state index in [1.807, 2.05) is 0 Å². The molecule has 0 aromatic carbocycles. The molecule has 0 spiro atoms. The van der Waals surface area contributed by atoms with Gasteiger partial charge in [-0.25, -0.2) is 9.37 Å². The summed E-state index contributed by atoms with van der Waals surface area (Å²) < 4.78 is 20.0. The number of aromatic nitrogens is 2. The highest BCUT2D eigenvalue weighted by molar-refractivity contribution is 7.84. The van der Waals surface area contributed by atoms with Crippen LogP contribution in [0.3, 0.4) is 0 Å². The molecule has 0 bridgehead atoms. The Labute approximate surface area is 192 Å². The number of piperidine rings is 1. The lowest BCUT2D eigenvalue weighted by molar-refractivity contribution is 0.204. The normalized spacial score (nSPS) is 15.6. The van der Waals surface area contributed by atoms with Gasteiger partial charge >= 0.3 is 0 Å². The monoisotopic (exact) mass is 444 g/mol. The summed E-state index contributed by atoms with van der Waals surface area (Å²) in [5.41, 5.74) is 1.84. The SMILES string of the molecule is CCC.COc1ccc2ncc(F)c(CCN3CCC(/C(S)=C/[C](=N)[Al])CC3)c2n1. The topological polar surface area (TPSA) is 62.1 Å². The van der Waals surface area contributed by atoms with Gasteiger partial charge in [0.2, 0.25) is 22.2 Å². The standard InChI is InChI=1S/C19H22FN4OS.C3H8.Al/c1-25-18-3-2-16-19(23-18)14(15(20)12-22-16)7-11-24-9-5-13(6-10-24)17(26)4-8-21;1-3-2;/h2-4,12-13,21,26H,5-7,9-11H2,1H3;3H2,1-2H3;/b17-4-,21-8?;;. The van der Waals surface area contributed by atoms with E-state index in [1.165, 1.54) is 12.6 Å². The first-order valence-electron chi connectivity index (χ1n) is 10.3. The summed E-state index contributed by atoms with van der Waals surface area (Å²) in [4.78, 5) is 11.8. The molecule has 1 aliphatic heterocycles. The number of hydrogen-bond donors (Lipinski definition) is 2. The fraction of sp³-hybridized carbons (Fsp3) is 0.500. The van der Waals surface area contributed by atoms with Gasteiger partial charge in [-0.2, -0.15) is 0 Å². The average molecular weight is 445 g/mol. The third-order valence-electron chi connectivity index (χ3n) is 4.94. The Morgan fingerprint density at radius 2 is 2.03 bits per heavy atom. The summed E-state index contributed by atoms with van der Waals surface area (Å²) in [6.07, 6.45) is 6.90. The van der Waals surface area contributed by atoms with Crippen molar-refractivity contribution in [3.63, 3.8) is 0 Å². The largest absolute Gasteiger partial charge is 0.481 e. The van der Waals surface area contributed by atoms with Gasteiger partial charge in [-0.05, 0) is 49.2 Å². The van der Waals surface area contributed by atoms with E-state index in [0.29, 0.717) is 39.4 Å². The van der Waals surface area contributed by atoms with E-state index in [-0.39, 0.29) is 5.82 Å². The molecule has 0 amide bonds. The molecule has 0 aliphatic carbocycles. The van der Waals surface area contributed by atoms with Crippen molar-refractivity contribution in [3.05, 3.63) is 40.7 Å². The summed E-state index contributed by atoms with van der Waals surface area (Å²) >= 11 is 6.91. The molecule has 160 valence electrons. The van der Waals surface area contributed by atoms with Gasteiger partial charge in [0.25, 0.3) is 0 Å². The molecule has 2 radical (unpaired) electrons. The van der Waals surface area contributed by atoms with Crippen LogP contribution in [0, 0.1) is 17.1 Å². The second kappa shape index (κ2) is 12.4. The van der Waals surface area contributed by atoms with Gasteiger partial charge in [-0.15, -0.1) is 12.6 Å². The zero-order valence-corrected chi connectivity index (χ0v) is 20.0. The highest BCUT2D eigenvalue weighted by Crippen LogP contribution is 2.27. The molecule has 1 N–H and O–H groups in total. The first-order valence-corrected chi connectivity index (χ1v) is 11.4. The van der Waals surface area contributed by atoms with Crippen molar-refractivity contribution >= 4 is 44.5 Å². The van der Waals surface area contributed by atoms with Crippen molar-refractivity contribution in [1.82, 2.24) is 14.9 Å². The van der Waals surface area contributed by atoms with Crippen LogP contribution in [0.1, 0.15) is 38.7 Å². The smallest absolute Gasteiger partial charge is 0.213 e. The molecule has 3 heterocycles. The molecule has 0 unspecified atom stereocenters. The molecule has 0 atom stereocenters. The lowest BCUT2D eigenvalue weighted by Gasteiger charge is -2.32. The van der Waals surface area contributed by atoms with Gasteiger partial charge in [-0.3, -0.25) is 4.98 Å². The van der Waals surface area contributed by atoms with Crippen LogP contribution >= 0.6 is 12.6 Å². The van der Waals surface area contributed by atoms with E-state index in [0.717, 1.165) is 37.4 Å². The second-order valence-electron chi connectivity index (χ2n) is 7.40. The number of allylic oxidation sites excluding steroid dienone is 2. The first kappa shape index (κ1) is 24.8. The van der Waals surface area contributed by atoms with Crippen LogP contribution < -0.4 is 4.74 Å². The maximum absolute atomic E-state index is 14.4. The summed E-state index contributed by atoms with van der Waals surface area (Å²) in [5, 5.41) is 7.53. The van der Waals surface area contributed by atoms with Crippen molar-refractivity contribution in [2.75, 3.05) is 26.7 Å². The molecular formula is C22H30AlFN4OS. The van der Waals surface area contributed by atoms with E-state index < -0.39 is 0 Å². The number of fused-ring (bicyclic) bond motifs is 1. The van der Waals surface area contributed by atoms with Gasteiger partial charge in [0.1, 0.15) is 5.82 Å². The summed E-state index contributed by atoms with van der Waals surface area (Å²) in [5.74, 6) is 0.539. The van der Waals surface area contributed by atoms with Crippen LogP contribution in [0.15, 0.2) is 29.3 Å². The molecule has 2 aromatic heterocycles. The lowest BCUT2D eigenvalue weighted by Crippen LogP contribution is -2.35. The Hall–Kier alpha value is -1.46. The molecule has 0 saturated carbocycles. The quantitative estimate of drug-likeness (QED) is 0.394. The average Bonchev–Trinajstić information content (AvgIpc) is 2.73. The number of likely N-dealkylation sites (tertiary alicyclic amines) is 1. The maximum atomic E-state index is 14.4.